The van der Waals surface area contributed by atoms with Crippen molar-refractivity contribution in [3.63, 3.8) is 0 Å². The van der Waals surface area contributed by atoms with Gasteiger partial charge in [-0.3, -0.25) is 9.97 Å². The monoisotopic (exact) mass is 771 g/mol. The Morgan fingerprint density at radius 3 is 1.86 bits per heavy atom. The number of anilines is 2. The maximum absolute atomic E-state index is 4.69. The Balaban J connectivity index is 0.00000106. The highest BCUT2D eigenvalue weighted by atomic mass is 32.1. The molecule has 0 radical (unpaired) electrons. The summed E-state index contributed by atoms with van der Waals surface area (Å²) in [6.07, 6.45) is 17.6. The van der Waals surface area contributed by atoms with Gasteiger partial charge in [-0.15, -0.1) is 11.3 Å². The van der Waals surface area contributed by atoms with Crippen LogP contribution in [0.1, 0.15) is 93.2 Å². The molecule has 4 aliphatic rings. The summed E-state index contributed by atoms with van der Waals surface area (Å²) >= 11 is 1.98. The van der Waals surface area contributed by atoms with Crippen molar-refractivity contribution in [2.45, 2.75) is 65.3 Å². The van der Waals surface area contributed by atoms with Crippen LogP contribution < -0.4 is 14.7 Å². The second-order valence-electron chi connectivity index (χ2n) is 14.7. The summed E-state index contributed by atoms with van der Waals surface area (Å²) in [4.78, 5) is 12.1. The number of rotatable bonds is 5. The number of hydrogen-bond acceptors (Lipinski definition) is 4. The summed E-state index contributed by atoms with van der Waals surface area (Å²) in [5, 5.41) is 2.82. The lowest BCUT2D eigenvalue weighted by atomic mass is 9.79. The van der Waals surface area contributed by atoms with Crippen LogP contribution in [0.15, 0.2) is 152 Å². The van der Waals surface area contributed by atoms with Gasteiger partial charge in [0.15, 0.2) is 0 Å². The minimum Gasteiger partial charge on any atom is -0.324 e. The van der Waals surface area contributed by atoms with Gasteiger partial charge in [0.1, 0.15) is 5.00 Å². The highest BCUT2D eigenvalue weighted by Crippen LogP contribution is 2.61. The molecule has 4 aromatic carbocycles. The Morgan fingerprint density at radius 1 is 0.569 bits per heavy atom. The largest absolute Gasteiger partial charge is 0.324 e. The highest BCUT2D eigenvalue weighted by molar-refractivity contribution is 7.14. The molecule has 0 saturated carbocycles. The predicted octanol–water partition coefficient (Wildman–Crippen LogP) is 13.5. The summed E-state index contributed by atoms with van der Waals surface area (Å²) in [5.74, 6) is 0.239. The maximum atomic E-state index is 4.69. The zero-order valence-electron chi connectivity index (χ0n) is 33.8. The van der Waals surface area contributed by atoms with E-state index in [1.807, 2.05) is 63.6 Å². The summed E-state index contributed by atoms with van der Waals surface area (Å²) in [7, 11) is 0. The molecule has 2 aliphatic heterocycles. The van der Waals surface area contributed by atoms with Gasteiger partial charge >= 0.3 is 0 Å². The average molecular weight is 772 g/mol. The number of pyridine rings is 2. The summed E-state index contributed by atoms with van der Waals surface area (Å²) in [6, 6.07) is 46.9. The lowest BCUT2D eigenvalue weighted by Crippen LogP contribution is -2.29. The van der Waals surface area contributed by atoms with Gasteiger partial charge in [0.25, 0.3) is 0 Å². The number of fused-ring (bicyclic) bond motifs is 10. The van der Waals surface area contributed by atoms with Crippen molar-refractivity contribution in [2.24, 2.45) is 0 Å². The van der Waals surface area contributed by atoms with E-state index in [0.717, 1.165) is 48.2 Å². The third kappa shape index (κ3) is 6.56. The van der Waals surface area contributed by atoms with Gasteiger partial charge in [-0.05, 0) is 130 Å². The third-order valence-electron chi connectivity index (χ3n) is 11.7. The molecule has 2 aliphatic carbocycles. The van der Waals surface area contributed by atoms with E-state index in [1.54, 1.807) is 0 Å². The van der Waals surface area contributed by atoms with E-state index >= 15 is 0 Å². The van der Waals surface area contributed by atoms with E-state index in [-0.39, 0.29) is 12.0 Å². The highest BCUT2D eigenvalue weighted by Gasteiger charge is 2.46. The van der Waals surface area contributed by atoms with Crippen LogP contribution in [0.2, 0.25) is 0 Å². The maximum Gasteiger partial charge on any atom is 0.105 e. The number of hydrogen-bond donors (Lipinski definition) is 0. The molecule has 0 fully saturated rings. The van der Waals surface area contributed by atoms with Crippen molar-refractivity contribution in [3.05, 3.63) is 190 Å². The van der Waals surface area contributed by atoms with E-state index in [0.29, 0.717) is 0 Å². The Labute approximate surface area is 347 Å². The Bertz CT molecular complexity index is 2720. The number of aromatic nitrogens is 2. The van der Waals surface area contributed by atoms with Crippen molar-refractivity contribution in [3.8, 4) is 33.6 Å². The van der Waals surface area contributed by atoms with Gasteiger partial charge in [0.05, 0.1) is 17.4 Å². The number of nitrogens with zero attached hydrogens (tertiary/aromatic N) is 3. The molecule has 7 aromatic rings. The van der Waals surface area contributed by atoms with Crippen LogP contribution in [0.3, 0.4) is 0 Å². The molecule has 2 atom stereocenters. The molecule has 11 rings (SSSR count). The first-order valence-electron chi connectivity index (χ1n) is 21.1. The molecule has 3 nitrogen and oxygen atoms in total. The molecule has 0 bridgehead atoms. The van der Waals surface area contributed by atoms with E-state index in [4.69, 9.17) is 9.97 Å². The summed E-state index contributed by atoms with van der Waals surface area (Å²) < 4.78 is 1.42. The van der Waals surface area contributed by atoms with E-state index in [2.05, 4.69) is 144 Å². The van der Waals surface area contributed by atoms with Gasteiger partial charge in [-0.1, -0.05) is 125 Å². The van der Waals surface area contributed by atoms with Gasteiger partial charge < -0.3 is 4.90 Å². The molecule has 286 valence electrons. The molecular weight excluding hydrogens is 723 g/mol. The van der Waals surface area contributed by atoms with Crippen LogP contribution in [0.5, 0.6) is 0 Å². The van der Waals surface area contributed by atoms with Crippen LogP contribution >= 0.6 is 11.3 Å². The Morgan fingerprint density at radius 2 is 1.19 bits per heavy atom. The van der Waals surface area contributed by atoms with E-state index < -0.39 is 0 Å². The van der Waals surface area contributed by atoms with Crippen LogP contribution in [0.4, 0.5) is 10.7 Å². The molecule has 0 spiro atoms. The number of thiophene rings is 1. The second kappa shape index (κ2) is 16.4. The first-order valence-corrected chi connectivity index (χ1v) is 21.9. The van der Waals surface area contributed by atoms with Crippen molar-refractivity contribution < 1.29 is 0 Å². The number of para-hydroxylation sites is 1. The molecule has 0 amide bonds. The first-order chi connectivity index (χ1) is 28.8. The minimum atomic E-state index is 0.182. The first kappa shape index (κ1) is 37.5. The molecule has 5 heterocycles. The minimum absolute atomic E-state index is 0.182. The number of benzene rings is 4. The normalized spacial score (nSPS) is 16.8. The molecule has 0 N–H and O–H groups in total. The fourth-order valence-electron chi connectivity index (χ4n) is 9.22. The smallest absolute Gasteiger partial charge is 0.105 e. The molecule has 0 saturated heterocycles. The van der Waals surface area contributed by atoms with Crippen molar-refractivity contribution in [2.75, 3.05) is 4.90 Å². The van der Waals surface area contributed by atoms with Gasteiger partial charge in [0.2, 0.25) is 0 Å². The van der Waals surface area contributed by atoms with Crippen molar-refractivity contribution >= 4 is 45.3 Å². The van der Waals surface area contributed by atoms with E-state index in [1.165, 1.54) is 70.5 Å². The third-order valence-corrected chi connectivity index (χ3v) is 12.9. The SMILES string of the molecule is C1=C(c2cc(-c3ccccn3)cc(-c3ccccn3)c2)CCC(c2ccc3c(c2)C2C(c4ccccc4)c4ccccc4N2c2sc4c(c2-3)=CCCC=4)=C1.CC.CC. The standard InChI is InChI=1S/C50H37N3S.2C2H6/c1-2-12-34(13-3-1)47-40-14-4-6-18-45(40)53-49(47)42-31-35(24-25-39(42)48-41-15-5-7-19-46(41)54-50(48)53)32-20-22-33(23-21-32)36-28-37(43-16-8-10-26-51-43)30-38(29-36)44-17-9-11-27-52-44;2*1-2/h1-4,6,8-20,22,24-31,47,49H,5,7,21,23H2;2*1-2H3. The van der Waals surface area contributed by atoms with Gasteiger partial charge in [0, 0.05) is 45.2 Å². The fraction of sp³-hybridized carbons (Fsp3) is 0.185. The van der Waals surface area contributed by atoms with Crippen LogP contribution in [-0.2, 0) is 0 Å². The molecule has 2 unspecified atom stereocenters. The van der Waals surface area contributed by atoms with Gasteiger partial charge in [-0.2, -0.15) is 0 Å². The Hall–Kier alpha value is -6.10. The van der Waals surface area contributed by atoms with Crippen LogP contribution in [-0.4, -0.2) is 9.97 Å². The second-order valence-corrected chi connectivity index (χ2v) is 15.8. The van der Waals surface area contributed by atoms with Gasteiger partial charge in [-0.25, -0.2) is 0 Å². The topological polar surface area (TPSA) is 29.0 Å². The molecule has 3 aromatic heterocycles. The fourth-order valence-corrected chi connectivity index (χ4v) is 10.6. The number of allylic oxidation sites excluding steroid dienone is 4. The predicted molar refractivity (Wildman–Crippen MR) is 248 cm³/mol. The van der Waals surface area contributed by atoms with Crippen LogP contribution in [0.25, 0.3) is 56.9 Å². The molecular formula is C54H49N3S. The lowest BCUT2D eigenvalue weighted by molar-refractivity contribution is 0.656. The lowest BCUT2D eigenvalue weighted by Gasteiger charge is -2.37. The van der Waals surface area contributed by atoms with Crippen molar-refractivity contribution in [1.29, 1.82) is 0 Å². The average Bonchev–Trinajstić information content (AvgIpc) is 3.88. The summed E-state index contributed by atoms with van der Waals surface area (Å²) in [6.45, 7) is 8.00. The Kier molecular flexibility index (Phi) is 10.6. The van der Waals surface area contributed by atoms with Crippen molar-refractivity contribution in [1.82, 2.24) is 9.97 Å². The van der Waals surface area contributed by atoms with E-state index in [9.17, 15) is 0 Å². The van der Waals surface area contributed by atoms with Crippen LogP contribution in [0, 0.1) is 0 Å². The molecule has 58 heavy (non-hydrogen) atoms. The zero-order valence-corrected chi connectivity index (χ0v) is 34.6. The quantitative estimate of drug-likeness (QED) is 0.174. The molecule has 4 heteroatoms. The summed E-state index contributed by atoms with van der Waals surface area (Å²) in [5.41, 5.74) is 17.8. The zero-order chi connectivity index (χ0) is 39.6.